The maximum absolute atomic E-state index is 12.1. The van der Waals surface area contributed by atoms with Crippen molar-refractivity contribution in [1.82, 2.24) is 10.3 Å². The fourth-order valence-corrected chi connectivity index (χ4v) is 1.83. The zero-order valence-electron chi connectivity index (χ0n) is 10.8. The van der Waals surface area contributed by atoms with Gasteiger partial charge in [0.15, 0.2) is 0 Å². The number of nitrogen functional groups attached to an aromatic ring is 1. The molecule has 0 fully saturated rings. The first kappa shape index (κ1) is 12.5. The molecule has 2 aromatic rings. The Morgan fingerprint density at radius 3 is 3.00 bits per heavy atom. The van der Waals surface area contributed by atoms with Gasteiger partial charge in [0.25, 0.3) is 5.91 Å². The van der Waals surface area contributed by atoms with Crippen molar-refractivity contribution in [2.45, 2.75) is 20.3 Å². The molecule has 96 valence electrons. The van der Waals surface area contributed by atoms with Crippen LogP contribution in [0.2, 0.25) is 0 Å². The lowest BCUT2D eigenvalue weighted by atomic mass is 10.1. The normalized spacial score (nSPS) is 12.6. The van der Waals surface area contributed by atoms with Crippen molar-refractivity contribution in [2.24, 2.45) is 5.92 Å². The van der Waals surface area contributed by atoms with Crippen LogP contribution >= 0.6 is 0 Å². The Labute approximate surface area is 107 Å². The van der Waals surface area contributed by atoms with E-state index in [1.54, 1.807) is 6.20 Å². The lowest BCUT2D eigenvalue weighted by molar-refractivity contribution is 0.0949. The largest absolute Gasteiger partial charge is 0.399 e. The first-order valence-corrected chi connectivity index (χ1v) is 6.26. The Bertz CT molecular complexity index is 559. The molecule has 0 bridgehead atoms. The van der Waals surface area contributed by atoms with Crippen molar-refractivity contribution < 1.29 is 4.79 Å². The molecule has 1 aromatic heterocycles. The Hall–Kier alpha value is -1.97. The Morgan fingerprint density at radius 2 is 2.28 bits per heavy atom. The summed E-state index contributed by atoms with van der Waals surface area (Å²) in [7, 11) is 0. The van der Waals surface area contributed by atoms with Gasteiger partial charge in [0.05, 0.1) is 5.56 Å². The highest BCUT2D eigenvalue weighted by Crippen LogP contribution is 2.20. The molecule has 0 radical (unpaired) electrons. The van der Waals surface area contributed by atoms with E-state index in [9.17, 15) is 4.79 Å². The molecule has 0 spiro atoms. The number of anilines is 1. The number of carbonyl (C=O) groups excluding carboxylic acids is 1. The van der Waals surface area contributed by atoms with Gasteiger partial charge in [-0.1, -0.05) is 20.3 Å². The van der Waals surface area contributed by atoms with Crippen LogP contribution in [0.25, 0.3) is 10.9 Å². The number of carbonyl (C=O) groups is 1. The smallest absolute Gasteiger partial charge is 0.253 e. The SMILES string of the molecule is CCC(C)CNC(=O)c1c[nH]c2ccc(N)cc12. The van der Waals surface area contributed by atoms with Crippen LogP contribution in [0.1, 0.15) is 30.6 Å². The summed E-state index contributed by atoms with van der Waals surface area (Å²) in [5, 5.41) is 3.82. The number of aromatic amines is 1. The summed E-state index contributed by atoms with van der Waals surface area (Å²) < 4.78 is 0. The predicted octanol–water partition coefficient (Wildman–Crippen LogP) is 2.53. The predicted molar refractivity (Wildman–Crippen MR) is 74.5 cm³/mol. The maximum atomic E-state index is 12.1. The van der Waals surface area contributed by atoms with E-state index in [0.29, 0.717) is 23.7 Å². The number of amides is 1. The summed E-state index contributed by atoms with van der Waals surface area (Å²) in [5.41, 5.74) is 8.00. The highest BCUT2D eigenvalue weighted by molar-refractivity contribution is 6.07. The van der Waals surface area contributed by atoms with Crippen molar-refractivity contribution in [3.8, 4) is 0 Å². The second kappa shape index (κ2) is 5.12. The lowest BCUT2D eigenvalue weighted by Gasteiger charge is -2.09. The Kier molecular flexibility index (Phi) is 3.55. The highest BCUT2D eigenvalue weighted by atomic mass is 16.1. The first-order chi connectivity index (χ1) is 8.61. The van der Waals surface area contributed by atoms with E-state index in [0.717, 1.165) is 17.3 Å². The van der Waals surface area contributed by atoms with Gasteiger partial charge >= 0.3 is 0 Å². The summed E-state index contributed by atoms with van der Waals surface area (Å²) >= 11 is 0. The van der Waals surface area contributed by atoms with Crippen LogP contribution < -0.4 is 11.1 Å². The zero-order valence-corrected chi connectivity index (χ0v) is 10.8. The van der Waals surface area contributed by atoms with Crippen molar-refractivity contribution in [1.29, 1.82) is 0 Å². The molecule has 4 nitrogen and oxygen atoms in total. The average Bonchev–Trinajstić information content (AvgIpc) is 2.78. The summed E-state index contributed by atoms with van der Waals surface area (Å²) in [6.07, 6.45) is 2.79. The van der Waals surface area contributed by atoms with Crippen LogP contribution in [0, 0.1) is 5.92 Å². The molecule has 1 unspecified atom stereocenters. The number of nitrogens with two attached hydrogens (primary N) is 1. The summed E-state index contributed by atoms with van der Waals surface area (Å²) in [4.78, 5) is 15.2. The Balaban J connectivity index is 2.20. The third-order valence-corrected chi connectivity index (χ3v) is 3.26. The quantitative estimate of drug-likeness (QED) is 0.724. The third kappa shape index (κ3) is 2.47. The van der Waals surface area contributed by atoms with E-state index in [1.165, 1.54) is 0 Å². The number of hydrogen-bond donors (Lipinski definition) is 3. The molecule has 1 amide bonds. The molecule has 1 aromatic carbocycles. The van der Waals surface area contributed by atoms with Gasteiger partial charge in [0, 0.05) is 29.3 Å². The molecule has 1 atom stereocenters. The minimum absolute atomic E-state index is 0.0489. The lowest BCUT2D eigenvalue weighted by Crippen LogP contribution is -2.27. The molecule has 2 rings (SSSR count). The molecule has 0 aliphatic carbocycles. The van der Waals surface area contributed by atoms with E-state index in [1.807, 2.05) is 18.2 Å². The molecular formula is C14H19N3O. The van der Waals surface area contributed by atoms with Crippen LogP contribution in [0.5, 0.6) is 0 Å². The summed E-state index contributed by atoms with van der Waals surface area (Å²) in [6.45, 7) is 4.93. The van der Waals surface area contributed by atoms with Gasteiger partial charge in [-0.05, 0) is 24.1 Å². The number of nitrogens with one attached hydrogen (secondary N) is 2. The molecule has 0 aliphatic rings. The van der Waals surface area contributed by atoms with Gasteiger partial charge in [-0.2, -0.15) is 0 Å². The highest BCUT2D eigenvalue weighted by Gasteiger charge is 2.12. The van der Waals surface area contributed by atoms with E-state index >= 15 is 0 Å². The zero-order chi connectivity index (χ0) is 13.1. The van der Waals surface area contributed by atoms with Crippen LogP contribution in [0.3, 0.4) is 0 Å². The van der Waals surface area contributed by atoms with E-state index < -0.39 is 0 Å². The monoisotopic (exact) mass is 245 g/mol. The second-order valence-corrected chi connectivity index (χ2v) is 4.73. The van der Waals surface area contributed by atoms with Gasteiger partial charge in [-0.25, -0.2) is 0 Å². The van der Waals surface area contributed by atoms with Crippen LogP contribution in [0.15, 0.2) is 24.4 Å². The van der Waals surface area contributed by atoms with Gasteiger partial charge in [0.2, 0.25) is 0 Å². The van der Waals surface area contributed by atoms with Crippen LogP contribution in [0.4, 0.5) is 5.69 Å². The van der Waals surface area contributed by atoms with Crippen LogP contribution in [-0.2, 0) is 0 Å². The molecule has 18 heavy (non-hydrogen) atoms. The summed E-state index contributed by atoms with van der Waals surface area (Å²) in [5.74, 6) is 0.441. The third-order valence-electron chi connectivity index (χ3n) is 3.26. The van der Waals surface area contributed by atoms with Gasteiger partial charge in [-0.3, -0.25) is 4.79 Å². The van der Waals surface area contributed by atoms with Gasteiger partial charge in [0.1, 0.15) is 0 Å². The van der Waals surface area contributed by atoms with Crippen molar-refractivity contribution in [2.75, 3.05) is 12.3 Å². The molecule has 4 heteroatoms. The van der Waals surface area contributed by atoms with E-state index in [-0.39, 0.29) is 5.91 Å². The number of benzene rings is 1. The number of rotatable bonds is 4. The number of aromatic nitrogens is 1. The molecule has 0 saturated heterocycles. The minimum Gasteiger partial charge on any atom is -0.399 e. The van der Waals surface area contributed by atoms with Crippen molar-refractivity contribution >= 4 is 22.5 Å². The molecule has 0 saturated carbocycles. The minimum atomic E-state index is -0.0489. The number of hydrogen-bond acceptors (Lipinski definition) is 2. The van der Waals surface area contributed by atoms with E-state index in [4.69, 9.17) is 5.73 Å². The number of fused-ring (bicyclic) bond motifs is 1. The Morgan fingerprint density at radius 1 is 1.50 bits per heavy atom. The second-order valence-electron chi connectivity index (χ2n) is 4.73. The molecule has 0 aliphatic heterocycles. The van der Waals surface area contributed by atoms with Crippen LogP contribution in [-0.4, -0.2) is 17.4 Å². The van der Waals surface area contributed by atoms with Gasteiger partial charge in [-0.15, -0.1) is 0 Å². The standard InChI is InChI=1S/C14H19N3O/c1-3-9(2)7-17-14(18)12-8-16-13-5-4-10(15)6-11(12)13/h4-6,8-9,16H,3,7,15H2,1-2H3,(H,17,18). The number of H-pyrrole nitrogens is 1. The topological polar surface area (TPSA) is 70.9 Å². The first-order valence-electron chi connectivity index (χ1n) is 6.26. The fraction of sp³-hybridized carbons (Fsp3) is 0.357. The van der Waals surface area contributed by atoms with E-state index in [2.05, 4.69) is 24.1 Å². The maximum Gasteiger partial charge on any atom is 0.253 e. The van der Waals surface area contributed by atoms with Gasteiger partial charge < -0.3 is 16.0 Å². The van der Waals surface area contributed by atoms with Crippen molar-refractivity contribution in [3.63, 3.8) is 0 Å². The van der Waals surface area contributed by atoms with Crippen molar-refractivity contribution in [3.05, 3.63) is 30.0 Å². The fourth-order valence-electron chi connectivity index (χ4n) is 1.83. The molecule has 1 heterocycles. The molecular weight excluding hydrogens is 226 g/mol. The summed E-state index contributed by atoms with van der Waals surface area (Å²) in [6, 6.07) is 5.53. The average molecular weight is 245 g/mol. The molecule has 4 N–H and O–H groups in total.